The molecule has 9 heavy (non-hydrogen) atoms. The van der Waals surface area contributed by atoms with Gasteiger partial charge in [-0.05, 0) is 6.15 Å². The van der Waals surface area contributed by atoms with Crippen LogP contribution >= 0.6 is 0 Å². The Bertz CT molecular complexity index is 51.7. The summed E-state index contributed by atoms with van der Waals surface area (Å²) in [6, 6.07) is 0. The SMILES string of the molecule is CC[B-](C)(CC)CC.[Li+]. The van der Waals surface area contributed by atoms with E-state index in [0.29, 0.717) is 0 Å². The maximum Gasteiger partial charge on any atom is 1.00 e. The second-order valence-electron chi connectivity index (χ2n) is 3.32. The van der Waals surface area contributed by atoms with Crippen LogP contribution in [-0.4, -0.2) is 6.15 Å². The van der Waals surface area contributed by atoms with Crippen LogP contribution in [0.1, 0.15) is 20.8 Å². The van der Waals surface area contributed by atoms with Crippen LogP contribution in [0.25, 0.3) is 0 Å². The summed E-state index contributed by atoms with van der Waals surface area (Å²) in [5.41, 5.74) is 0. The Hall–Kier alpha value is 0.662. The fraction of sp³-hybridized carbons (Fsp3) is 1.00. The summed E-state index contributed by atoms with van der Waals surface area (Å²) in [6.07, 6.45) is 4.19. The first-order chi connectivity index (χ1) is 3.68. The molecule has 0 aromatic heterocycles. The van der Waals surface area contributed by atoms with Gasteiger partial charge in [0.2, 0.25) is 0 Å². The molecule has 50 valence electrons. The second kappa shape index (κ2) is 5.45. The summed E-state index contributed by atoms with van der Waals surface area (Å²) in [7, 11) is 0. The van der Waals surface area contributed by atoms with Gasteiger partial charge < -0.3 is 0 Å². The van der Waals surface area contributed by atoms with E-state index in [4.69, 9.17) is 0 Å². The van der Waals surface area contributed by atoms with E-state index in [0.717, 1.165) is 0 Å². The van der Waals surface area contributed by atoms with Gasteiger partial charge in [0.1, 0.15) is 0 Å². The van der Waals surface area contributed by atoms with Crippen LogP contribution < -0.4 is 18.9 Å². The summed E-state index contributed by atoms with van der Waals surface area (Å²) in [5.74, 6) is 0. The Kier molecular flexibility index (Phi) is 7.47. The minimum Gasteiger partial charge on any atom is -0.190 e. The number of hydrogen-bond acceptors (Lipinski definition) is 0. The standard InChI is InChI=1S/C7H18B.Li/c1-5-8(4,6-2)7-3;/h5-7H2,1-4H3;/q-1;+1. The van der Waals surface area contributed by atoms with E-state index in [9.17, 15) is 0 Å². The fourth-order valence-corrected chi connectivity index (χ4v) is 0.866. The average molecular weight is 120 g/mol. The normalized spacial score (nSPS) is 10.7. The number of rotatable bonds is 3. The molecule has 0 aliphatic rings. The maximum atomic E-state index is 2.42. The van der Waals surface area contributed by atoms with Crippen molar-refractivity contribution in [2.24, 2.45) is 0 Å². The fourth-order valence-electron chi connectivity index (χ4n) is 0.866. The molecule has 0 saturated carbocycles. The summed E-state index contributed by atoms with van der Waals surface area (Å²) in [6.45, 7) is 9.31. The van der Waals surface area contributed by atoms with E-state index in [-0.39, 0.29) is 25.0 Å². The molecule has 0 unspecified atom stereocenters. The van der Waals surface area contributed by atoms with E-state index >= 15 is 0 Å². The predicted octanol–water partition coefficient (Wildman–Crippen LogP) is 0.129. The number of hydrogen-bond donors (Lipinski definition) is 0. The van der Waals surface area contributed by atoms with E-state index in [1.54, 1.807) is 0 Å². The molecular weight excluding hydrogens is 102 g/mol. The molecule has 2 heteroatoms. The topological polar surface area (TPSA) is 0 Å². The Balaban J connectivity index is 0. The quantitative estimate of drug-likeness (QED) is 0.464. The third-order valence-corrected chi connectivity index (χ3v) is 2.96. The van der Waals surface area contributed by atoms with Crippen LogP contribution in [0.5, 0.6) is 0 Å². The molecule has 0 aliphatic carbocycles. The van der Waals surface area contributed by atoms with Gasteiger partial charge in [-0.1, -0.05) is 20.8 Å². The van der Waals surface area contributed by atoms with E-state index in [1.807, 2.05) is 0 Å². The zero-order valence-electron chi connectivity index (χ0n) is 7.70. The van der Waals surface area contributed by atoms with Crippen LogP contribution in [-0.2, 0) is 0 Å². The van der Waals surface area contributed by atoms with E-state index < -0.39 is 0 Å². The molecule has 0 saturated heterocycles. The third kappa shape index (κ3) is 4.12. The molecule has 0 heterocycles. The van der Waals surface area contributed by atoms with Crippen LogP contribution in [0, 0.1) is 0 Å². The summed E-state index contributed by atoms with van der Waals surface area (Å²) < 4.78 is 0. The van der Waals surface area contributed by atoms with Crippen molar-refractivity contribution in [1.29, 1.82) is 0 Å². The molecule has 0 N–H and O–H groups in total. The van der Waals surface area contributed by atoms with Crippen LogP contribution in [0.15, 0.2) is 0 Å². The first-order valence-electron chi connectivity index (χ1n) is 3.92. The van der Waals surface area contributed by atoms with E-state index in [1.165, 1.54) is 19.0 Å². The molecular formula is C7H18BLi. The predicted molar refractivity (Wildman–Crippen MR) is 43.1 cm³/mol. The molecule has 0 fully saturated rings. The molecule has 0 spiro atoms. The first-order valence-corrected chi connectivity index (χ1v) is 3.92. The molecule has 0 aromatic rings. The molecule has 0 atom stereocenters. The van der Waals surface area contributed by atoms with Crippen molar-refractivity contribution < 1.29 is 18.9 Å². The Morgan fingerprint density at radius 3 is 1.11 bits per heavy atom. The molecule has 0 aliphatic heterocycles. The minimum atomic E-state index is 0. The summed E-state index contributed by atoms with van der Waals surface area (Å²) in [5, 5.41) is 0. The third-order valence-electron chi connectivity index (χ3n) is 2.96. The monoisotopic (exact) mass is 120 g/mol. The smallest absolute Gasteiger partial charge is 0.190 e. The zero-order valence-corrected chi connectivity index (χ0v) is 7.70. The van der Waals surface area contributed by atoms with Gasteiger partial charge >= 0.3 is 18.9 Å². The van der Waals surface area contributed by atoms with Crippen molar-refractivity contribution in [1.82, 2.24) is 0 Å². The van der Waals surface area contributed by atoms with Gasteiger partial charge in [0.25, 0.3) is 0 Å². The van der Waals surface area contributed by atoms with E-state index in [2.05, 4.69) is 27.6 Å². The van der Waals surface area contributed by atoms with Gasteiger partial charge in [-0.2, -0.15) is 25.8 Å². The molecule has 0 amide bonds. The van der Waals surface area contributed by atoms with Crippen molar-refractivity contribution in [2.45, 2.75) is 46.6 Å². The average Bonchev–Trinajstić information content (AvgIpc) is 1.87. The molecule has 0 nitrogen and oxygen atoms in total. The molecule has 0 radical (unpaired) electrons. The summed E-state index contributed by atoms with van der Waals surface area (Å²) >= 11 is 0. The zero-order chi connectivity index (χ0) is 6.62. The molecule has 0 rings (SSSR count). The van der Waals surface area contributed by atoms with Gasteiger partial charge in [0.05, 0.1) is 0 Å². The Morgan fingerprint density at radius 2 is 1.11 bits per heavy atom. The van der Waals surface area contributed by atoms with Crippen LogP contribution in [0.2, 0.25) is 25.8 Å². The van der Waals surface area contributed by atoms with Crippen LogP contribution in [0.3, 0.4) is 0 Å². The van der Waals surface area contributed by atoms with Crippen molar-refractivity contribution >= 4 is 6.15 Å². The Morgan fingerprint density at radius 1 is 0.889 bits per heavy atom. The van der Waals surface area contributed by atoms with Crippen molar-refractivity contribution in [3.63, 3.8) is 0 Å². The van der Waals surface area contributed by atoms with Crippen LogP contribution in [0.4, 0.5) is 0 Å². The van der Waals surface area contributed by atoms with Gasteiger partial charge in [-0.15, -0.1) is 0 Å². The van der Waals surface area contributed by atoms with Gasteiger partial charge in [0, 0.05) is 0 Å². The van der Waals surface area contributed by atoms with Gasteiger partial charge in [-0.25, -0.2) is 0 Å². The largest absolute Gasteiger partial charge is 1.00 e. The van der Waals surface area contributed by atoms with Gasteiger partial charge in [0.15, 0.2) is 0 Å². The molecule has 0 aromatic carbocycles. The van der Waals surface area contributed by atoms with Crippen molar-refractivity contribution in [3.8, 4) is 0 Å². The van der Waals surface area contributed by atoms with Gasteiger partial charge in [-0.3, -0.25) is 0 Å². The van der Waals surface area contributed by atoms with Crippen molar-refractivity contribution in [2.75, 3.05) is 0 Å². The maximum absolute atomic E-state index is 2.42. The second-order valence-corrected chi connectivity index (χ2v) is 3.32. The van der Waals surface area contributed by atoms with Crippen molar-refractivity contribution in [3.05, 3.63) is 0 Å². The Labute approximate surface area is 71.9 Å². The summed E-state index contributed by atoms with van der Waals surface area (Å²) in [4.78, 5) is 0. The molecule has 0 bridgehead atoms. The minimum absolute atomic E-state index is 0. The first kappa shape index (κ1) is 12.3.